The van der Waals surface area contributed by atoms with Gasteiger partial charge >= 0.3 is 5.97 Å². The number of benzene rings is 4. The van der Waals surface area contributed by atoms with E-state index in [1.165, 1.54) is 5.56 Å². The second-order valence-electron chi connectivity index (χ2n) is 9.74. The van der Waals surface area contributed by atoms with Gasteiger partial charge in [0.1, 0.15) is 6.21 Å². The predicted octanol–water partition coefficient (Wildman–Crippen LogP) is 5.38. The van der Waals surface area contributed by atoms with Crippen LogP contribution in [0.5, 0.6) is 0 Å². The van der Waals surface area contributed by atoms with E-state index < -0.39 is 23.6 Å². The average molecular weight is 598 g/mol. The van der Waals surface area contributed by atoms with Crippen molar-refractivity contribution in [3.8, 4) is 0 Å². The number of carbonyl (C=O) groups excluding carboxylic acids is 3. The molecule has 0 aromatic heterocycles. The largest absolute Gasteiger partial charge is 0.478 e. The highest BCUT2D eigenvalue weighted by atomic mass is 16.4. The molecule has 11 heteroatoms. The maximum absolute atomic E-state index is 11.1. The molecule has 0 bridgehead atoms. The monoisotopic (exact) mass is 597 g/mol. The van der Waals surface area contributed by atoms with Gasteiger partial charge in [0, 0.05) is 17.1 Å². The summed E-state index contributed by atoms with van der Waals surface area (Å²) in [5.41, 5.74) is 18.2. The minimum atomic E-state index is -0.980. The molecule has 0 aliphatic carbocycles. The Bertz CT molecular complexity index is 1630. The molecule has 5 rings (SSSR count). The first-order chi connectivity index (χ1) is 20.8. The van der Waals surface area contributed by atoms with Gasteiger partial charge in [-0.2, -0.15) is 0 Å². The number of nitrogens with one attached hydrogen (secondary N) is 2. The summed E-state index contributed by atoms with van der Waals surface area (Å²) in [5.74, 6) is -2.40. The fraction of sp³-hybridized carbons (Fsp3) is 0.121. The van der Waals surface area contributed by atoms with Crippen LogP contribution < -0.4 is 22.1 Å². The van der Waals surface area contributed by atoms with Crippen LogP contribution in [0.4, 0.5) is 22.7 Å². The molecule has 0 saturated carbocycles. The van der Waals surface area contributed by atoms with Crippen LogP contribution in [0.15, 0.2) is 90.1 Å². The number of oxime groups is 1. The molecule has 0 radical (unpaired) electrons. The zero-order chi connectivity index (χ0) is 32.8. The number of aryl methyl sites for hydroxylation is 4. The van der Waals surface area contributed by atoms with Crippen LogP contribution in [0.1, 0.15) is 43.0 Å². The number of carbonyl (C=O) groups is 4. The van der Waals surface area contributed by atoms with Gasteiger partial charge in [0.2, 0.25) is 0 Å². The molecule has 2 amide bonds. The number of fused-ring (bicyclic) bond motifs is 1. The highest BCUT2D eigenvalue weighted by Crippen LogP contribution is 2.23. The number of carboxylic acid groups (broad SMARTS) is 1. The molecular formula is C33H35N5O6. The maximum atomic E-state index is 11.1. The Hall–Kier alpha value is -5.97. The summed E-state index contributed by atoms with van der Waals surface area (Å²) in [6, 6.07) is 25.3. The van der Waals surface area contributed by atoms with E-state index >= 15 is 0 Å². The molecule has 4 aromatic carbocycles. The second kappa shape index (κ2) is 16.5. The molecule has 0 fully saturated rings. The smallest absolute Gasteiger partial charge is 0.337 e. The van der Waals surface area contributed by atoms with E-state index in [9.17, 15) is 19.2 Å². The summed E-state index contributed by atoms with van der Waals surface area (Å²) in [4.78, 5) is 43.4. The molecule has 8 N–H and O–H groups in total. The Morgan fingerprint density at radius 1 is 0.773 bits per heavy atom. The van der Waals surface area contributed by atoms with Crippen LogP contribution in [0.2, 0.25) is 0 Å². The Kier molecular flexibility index (Phi) is 12.8. The van der Waals surface area contributed by atoms with Gasteiger partial charge in [-0.25, -0.2) is 4.79 Å². The topological polar surface area (TPSA) is 197 Å². The van der Waals surface area contributed by atoms with Crippen LogP contribution in [0.3, 0.4) is 0 Å². The Morgan fingerprint density at radius 2 is 1.30 bits per heavy atom. The number of ketones is 1. The van der Waals surface area contributed by atoms with Crippen LogP contribution in [-0.2, 0) is 9.59 Å². The van der Waals surface area contributed by atoms with Crippen molar-refractivity contribution in [1.29, 1.82) is 0 Å². The summed E-state index contributed by atoms with van der Waals surface area (Å²) in [6.45, 7) is 7.71. The number of anilines is 4. The van der Waals surface area contributed by atoms with E-state index in [1.54, 1.807) is 42.5 Å². The fourth-order valence-corrected chi connectivity index (χ4v) is 3.54. The van der Waals surface area contributed by atoms with Gasteiger partial charge < -0.3 is 32.4 Å². The molecule has 1 aliphatic rings. The van der Waals surface area contributed by atoms with E-state index in [-0.39, 0.29) is 5.56 Å². The van der Waals surface area contributed by atoms with Crippen LogP contribution in [-0.4, -0.2) is 40.1 Å². The number of nitrogen functional groups attached to an aromatic ring is 2. The third-order valence-electron chi connectivity index (χ3n) is 5.88. The van der Waals surface area contributed by atoms with E-state index in [0.717, 1.165) is 28.6 Å². The molecule has 1 heterocycles. The summed E-state index contributed by atoms with van der Waals surface area (Å²) in [6.07, 6.45) is 0.805. The molecule has 0 unspecified atom stereocenters. The third-order valence-corrected chi connectivity index (χ3v) is 5.88. The lowest BCUT2D eigenvalue weighted by Gasteiger charge is -2.00. The van der Waals surface area contributed by atoms with Crippen LogP contribution in [0, 0.1) is 27.7 Å². The quantitative estimate of drug-likeness (QED) is 0.0595. The Morgan fingerprint density at radius 3 is 1.82 bits per heavy atom. The molecule has 228 valence electrons. The molecule has 0 spiro atoms. The van der Waals surface area contributed by atoms with E-state index in [1.807, 2.05) is 70.2 Å². The SMILES string of the molecule is Cc1ccc(N)c(C(=O)O)c1.Cc1ccc(N)cc1.Cc1ccc(NC(=O)/C=N\O)cc1.Cc1ccc2c(c1)C(=O)C(=O)N2. The molecule has 0 saturated heterocycles. The zero-order valence-corrected chi connectivity index (χ0v) is 24.8. The van der Waals surface area contributed by atoms with Crippen molar-refractivity contribution in [2.45, 2.75) is 27.7 Å². The minimum Gasteiger partial charge on any atom is -0.478 e. The molecular weight excluding hydrogens is 562 g/mol. The highest BCUT2D eigenvalue weighted by molar-refractivity contribution is 6.51. The standard InChI is InChI=1S/C9H10N2O2.C9H7NO2.C8H9NO2.C7H9N/c1-7-2-4-8(5-3-7)11-9(12)6-10-13;1-5-2-3-7-6(4-5)8(11)9(12)10-7;1-5-2-3-7(9)6(4-5)8(10)11;1-6-2-4-7(8)5-3-6/h2-6,13H,1H3,(H,11,12);2-4H,1H3,(H,10,11,12);2-4H,9H2,1H3,(H,10,11);2-5H,8H2,1H3/b10-6-;;;. The van der Waals surface area contributed by atoms with Gasteiger partial charge in [0.15, 0.2) is 0 Å². The summed E-state index contributed by atoms with van der Waals surface area (Å²) >= 11 is 0. The number of Topliss-reactive ketones (excluding diaryl/α,β-unsaturated/α-hetero) is 1. The summed E-state index contributed by atoms with van der Waals surface area (Å²) < 4.78 is 0. The number of amides is 2. The van der Waals surface area contributed by atoms with E-state index in [2.05, 4.69) is 15.8 Å². The number of rotatable bonds is 3. The van der Waals surface area contributed by atoms with Crippen molar-refractivity contribution >= 4 is 52.5 Å². The first kappa shape index (κ1) is 34.2. The highest BCUT2D eigenvalue weighted by Gasteiger charge is 2.27. The second-order valence-corrected chi connectivity index (χ2v) is 9.74. The average Bonchev–Trinajstić information content (AvgIpc) is 3.26. The lowest BCUT2D eigenvalue weighted by Crippen LogP contribution is -2.12. The van der Waals surface area contributed by atoms with Gasteiger partial charge in [-0.05, 0) is 76.2 Å². The number of hydrogen-bond acceptors (Lipinski definition) is 8. The van der Waals surface area contributed by atoms with Crippen molar-refractivity contribution in [3.63, 3.8) is 0 Å². The van der Waals surface area contributed by atoms with Gasteiger partial charge in [-0.1, -0.05) is 63.8 Å². The van der Waals surface area contributed by atoms with Crippen molar-refractivity contribution in [2.75, 3.05) is 22.1 Å². The molecule has 4 aromatic rings. The maximum Gasteiger partial charge on any atom is 0.337 e. The first-order valence-electron chi connectivity index (χ1n) is 13.2. The van der Waals surface area contributed by atoms with Crippen molar-refractivity contribution in [3.05, 3.63) is 118 Å². The zero-order valence-electron chi connectivity index (χ0n) is 24.8. The summed E-state index contributed by atoms with van der Waals surface area (Å²) in [7, 11) is 0. The Balaban J connectivity index is 0.000000207. The molecule has 11 nitrogen and oxygen atoms in total. The minimum absolute atomic E-state index is 0.171. The molecule has 1 aliphatic heterocycles. The summed E-state index contributed by atoms with van der Waals surface area (Å²) in [5, 5.41) is 24.3. The number of carboxylic acids is 1. The van der Waals surface area contributed by atoms with Gasteiger partial charge in [0.25, 0.3) is 17.6 Å². The van der Waals surface area contributed by atoms with Crippen LogP contribution >= 0.6 is 0 Å². The number of aromatic carboxylic acids is 1. The number of nitrogens with zero attached hydrogens (tertiary/aromatic N) is 1. The Labute approximate surface area is 255 Å². The van der Waals surface area contributed by atoms with E-state index in [4.69, 9.17) is 21.8 Å². The molecule has 0 atom stereocenters. The first-order valence-corrected chi connectivity index (χ1v) is 13.2. The van der Waals surface area contributed by atoms with Gasteiger partial charge in [0.05, 0.1) is 16.8 Å². The van der Waals surface area contributed by atoms with Gasteiger partial charge in [-0.3, -0.25) is 14.4 Å². The predicted molar refractivity (Wildman–Crippen MR) is 172 cm³/mol. The normalized spacial score (nSPS) is 11.0. The van der Waals surface area contributed by atoms with Gasteiger partial charge in [-0.15, -0.1) is 0 Å². The van der Waals surface area contributed by atoms with Crippen molar-refractivity contribution < 1.29 is 29.5 Å². The number of hydrogen-bond donors (Lipinski definition) is 6. The van der Waals surface area contributed by atoms with Crippen molar-refractivity contribution in [2.24, 2.45) is 5.16 Å². The lowest BCUT2D eigenvalue weighted by atomic mass is 10.1. The number of nitrogens with two attached hydrogens (primary N) is 2. The van der Waals surface area contributed by atoms with E-state index in [0.29, 0.717) is 22.6 Å². The molecule has 44 heavy (non-hydrogen) atoms. The van der Waals surface area contributed by atoms with Crippen LogP contribution in [0.25, 0.3) is 0 Å². The third kappa shape index (κ3) is 11.1. The fourth-order valence-electron chi connectivity index (χ4n) is 3.54. The van der Waals surface area contributed by atoms with Crippen molar-refractivity contribution in [1.82, 2.24) is 0 Å². The lowest BCUT2D eigenvalue weighted by molar-refractivity contribution is -0.112.